The number of primary amides is 1. The molecule has 0 unspecified atom stereocenters. The molecular formula is C14H22N2O2. The summed E-state index contributed by atoms with van der Waals surface area (Å²) in [4.78, 5) is 10.9. The van der Waals surface area contributed by atoms with E-state index in [2.05, 4.69) is 17.4 Å². The summed E-state index contributed by atoms with van der Waals surface area (Å²) >= 11 is 0. The Morgan fingerprint density at radius 3 is 2.33 bits per heavy atom. The van der Waals surface area contributed by atoms with Gasteiger partial charge in [0.05, 0.1) is 6.61 Å². The Labute approximate surface area is 109 Å². The predicted octanol–water partition coefficient (Wildman–Crippen LogP) is 1.58. The van der Waals surface area contributed by atoms with Crippen molar-refractivity contribution in [1.29, 1.82) is 0 Å². The maximum atomic E-state index is 10.9. The maximum Gasteiger partial charge on any atom is 0.219 e. The minimum absolute atomic E-state index is 0.281. The SMILES string of the molecule is COCc1ccc(CNC(C)(C)CC(N)=O)cc1. The fourth-order valence-corrected chi connectivity index (χ4v) is 1.76. The molecule has 0 aromatic heterocycles. The molecule has 0 bridgehead atoms. The number of hydrogen-bond donors (Lipinski definition) is 2. The predicted molar refractivity (Wildman–Crippen MR) is 71.9 cm³/mol. The molecule has 100 valence electrons. The lowest BCUT2D eigenvalue weighted by atomic mass is 10.00. The molecule has 0 aliphatic carbocycles. The molecule has 3 N–H and O–H groups in total. The zero-order valence-corrected chi connectivity index (χ0v) is 11.3. The average Bonchev–Trinajstić information content (AvgIpc) is 2.27. The second-order valence-corrected chi connectivity index (χ2v) is 5.13. The highest BCUT2D eigenvalue weighted by Gasteiger charge is 2.19. The molecule has 1 aromatic carbocycles. The number of ether oxygens (including phenoxy) is 1. The number of methoxy groups -OCH3 is 1. The van der Waals surface area contributed by atoms with E-state index in [1.807, 2.05) is 26.0 Å². The van der Waals surface area contributed by atoms with Crippen LogP contribution in [0, 0.1) is 0 Å². The minimum atomic E-state index is -0.289. The third-order valence-electron chi connectivity index (χ3n) is 2.72. The number of rotatable bonds is 7. The molecule has 0 radical (unpaired) electrons. The second kappa shape index (κ2) is 6.52. The smallest absolute Gasteiger partial charge is 0.219 e. The Morgan fingerprint density at radius 2 is 1.83 bits per heavy atom. The van der Waals surface area contributed by atoms with Crippen LogP contribution in [0.25, 0.3) is 0 Å². The number of benzene rings is 1. The molecular weight excluding hydrogens is 228 g/mol. The first-order chi connectivity index (χ1) is 8.43. The lowest BCUT2D eigenvalue weighted by molar-refractivity contribution is -0.119. The lowest BCUT2D eigenvalue weighted by Crippen LogP contribution is -2.42. The molecule has 4 nitrogen and oxygen atoms in total. The van der Waals surface area contributed by atoms with E-state index in [1.165, 1.54) is 5.56 Å². The molecule has 0 atom stereocenters. The molecule has 18 heavy (non-hydrogen) atoms. The standard InChI is InChI=1S/C14H22N2O2/c1-14(2,8-13(15)17)16-9-11-4-6-12(7-5-11)10-18-3/h4-7,16H,8-10H2,1-3H3,(H2,15,17). The first-order valence-electron chi connectivity index (χ1n) is 6.03. The molecule has 0 fully saturated rings. The zero-order valence-electron chi connectivity index (χ0n) is 11.3. The molecule has 0 heterocycles. The summed E-state index contributed by atoms with van der Waals surface area (Å²) in [6.45, 7) is 5.28. The van der Waals surface area contributed by atoms with Gasteiger partial charge in [0, 0.05) is 25.6 Å². The van der Waals surface area contributed by atoms with Gasteiger partial charge in [0.25, 0.3) is 0 Å². The fraction of sp³-hybridized carbons (Fsp3) is 0.500. The summed E-state index contributed by atoms with van der Waals surface area (Å²) in [5.74, 6) is -0.289. The molecule has 0 spiro atoms. The summed E-state index contributed by atoms with van der Waals surface area (Å²) in [6, 6.07) is 8.20. The van der Waals surface area contributed by atoms with Gasteiger partial charge in [-0.2, -0.15) is 0 Å². The van der Waals surface area contributed by atoms with Gasteiger partial charge in [0.2, 0.25) is 5.91 Å². The molecule has 1 amide bonds. The van der Waals surface area contributed by atoms with Crippen molar-refractivity contribution < 1.29 is 9.53 Å². The van der Waals surface area contributed by atoms with Crippen molar-refractivity contribution in [3.63, 3.8) is 0 Å². The Bertz CT molecular complexity index is 385. The van der Waals surface area contributed by atoms with Gasteiger partial charge in [0.1, 0.15) is 0 Å². The van der Waals surface area contributed by atoms with Gasteiger partial charge >= 0.3 is 0 Å². The van der Waals surface area contributed by atoms with Crippen LogP contribution in [0.4, 0.5) is 0 Å². The molecule has 0 saturated carbocycles. The summed E-state index contributed by atoms with van der Waals surface area (Å²) < 4.78 is 5.06. The quantitative estimate of drug-likeness (QED) is 0.772. The van der Waals surface area contributed by atoms with Crippen LogP contribution in [0.15, 0.2) is 24.3 Å². The largest absolute Gasteiger partial charge is 0.380 e. The summed E-state index contributed by atoms with van der Waals surface area (Å²) in [6.07, 6.45) is 0.328. The summed E-state index contributed by atoms with van der Waals surface area (Å²) in [5.41, 5.74) is 7.25. The van der Waals surface area contributed by atoms with E-state index in [4.69, 9.17) is 10.5 Å². The van der Waals surface area contributed by atoms with Gasteiger partial charge < -0.3 is 15.8 Å². The van der Waals surface area contributed by atoms with E-state index >= 15 is 0 Å². The van der Waals surface area contributed by atoms with Gasteiger partial charge in [-0.25, -0.2) is 0 Å². The van der Waals surface area contributed by atoms with Gasteiger partial charge in [0.15, 0.2) is 0 Å². The van der Waals surface area contributed by atoms with E-state index < -0.39 is 0 Å². The van der Waals surface area contributed by atoms with Gasteiger partial charge in [-0.15, -0.1) is 0 Å². The Balaban J connectivity index is 2.50. The van der Waals surface area contributed by atoms with Crippen molar-refractivity contribution in [2.75, 3.05) is 7.11 Å². The number of nitrogens with one attached hydrogen (secondary N) is 1. The van der Waals surface area contributed by atoms with E-state index in [0.29, 0.717) is 19.6 Å². The van der Waals surface area contributed by atoms with Crippen LogP contribution in [0.3, 0.4) is 0 Å². The number of carbonyl (C=O) groups is 1. The van der Waals surface area contributed by atoms with Crippen LogP contribution < -0.4 is 11.1 Å². The van der Waals surface area contributed by atoms with Crippen LogP contribution in [0.1, 0.15) is 31.4 Å². The van der Waals surface area contributed by atoms with E-state index in [0.717, 1.165) is 5.56 Å². The first-order valence-corrected chi connectivity index (χ1v) is 6.03. The van der Waals surface area contributed by atoms with E-state index in [1.54, 1.807) is 7.11 Å². The molecule has 0 saturated heterocycles. The third kappa shape index (κ3) is 5.29. The molecule has 0 aliphatic rings. The van der Waals surface area contributed by atoms with Crippen molar-refractivity contribution in [1.82, 2.24) is 5.32 Å². The van der Waals surface area contributed by atoms with Crippen LogP contribution in [-0.4, -0.2) is 18.6 Å². The number of nitrogens with two attached hydrogens (primary N) is 1. The molecule has 0 aliphatic heterocycles. The second-order valence-electron chi connectivity index (χ2n) is 5.13. The van der Waals surface area contributed by atoms with Gasteiger partial charge in [-0.3, -0.25) is 4.79 Å². The number of hydrogen-bond acceptors (Lipinski definition) is 3. The van der Waals surface area contributed by atoms with Crippen molar-refractivity contribution in [3.05, 3.63) is 35.4 Å². The Kier molecular flexibility index (Phi) is 5.31. The average molecular weight is 250 g/mol. The maximum absolute atomic E-state index is 10.9. The monoisotopic (exact) mass is 250 g/mol. The number of carbonyl (C=O) groups excluding carboxylic acids is 1. The van der Waals surface area contributed by atoms with Crippen molar-refractivity contribution in [2.45, 2.75) is 39.0 Å². The molecule has 1 aromatic rings. The highest BCUT2D eigenvalue weighted by atomic mass is 16.5. The van der Waals surface area contributed by atoms with Gasteiger partial charge in [-0.1, -0.05) is 24.3 Å². The third-order valence-corrected chi connectivity index (χ3v) is 2.72. The zero-order chi connectivity index (χ0) is 13.6. The van der Waals surface area contributed by atoms with E-state index in [-0.39, 0.29) is 11.4 Å². The van der Waals surface area contributed by atoms with Crippen LogP contribution >= 0.6 is 0 Å². The lowest BCUT2D eigenvalue weighted by Gasteiger charge is -2.24. The normalized spacial score (nSPS) is 11.5. The van der Waals surface area contributed by atoms with Crippen molar-refractivity contribution in [3.8, 4) is 0 Å². The number of amides is 1. The van der Waals surface area contributed by atoms with Crippen LogP contribution in [-0.2, 0) is 22.7 Å². The van der Waals surface area contributed by atoms with Gasteiger partial charge in [-0.05, 0) is 25.0 Å². The summed E-state index contributed by atoms with van der Waals surface area (Å²) in [5, 5.41) is 3.33. The summed E-state index contributed by atoms with van der Waals surface area (Å²) in [7, 11) is 1.68. The fourth-order valence-electron chi connectivity index (χ4n) is 1.76. The Hall–Kier alpha value is -1.39. The molecule has 4 heteroatoms. The van der Waals surface area contributed by atoms with E-state index in [9.17, 15) is 4.79 Å². The highest BCUT2D eigenvalue weighted by molar-refractivity contribution is 5.74. The first kappa shape index (κ1) is 14.7. The van der Waals surface area contributed by atoms with Crippen molar-refractivity contribution in [2.24, 2.45) is 5.73 Å². The highest BCUT2D eigenvalue weighted by Crippen LogP contribution is 2.10. The minimum Gasteiger partial charge on any atom is -0.380 e. The Morgan fingerprint density at radius 1 is 1.28 bits per heavy atom. The van der Waals surface area contributed by atoms with Crippen LogP contribution in [0.2, 0.25) is 0 Å². The van der Waals surface area contributed by atoms with Crippen LogP contribution in [0.5, 0.6) is 0 Å². The molecule has 1 rings (SSSR count). The topological polar surface area (TPSA) is 64.3 Å². The van der Waals surface area contributed by atoms with Crippen molar-refractivity contribution >= 4 is 5.91 Å².